The number of benzene rings is 1. The molecule has 1 fully saturated rings. The van der Waals surface area contributed by atoms with Crippen molar-refractivity contribution in [3.8, 4) is 0 Å². The summed E-state index contributed by atoms with van der Waals surface area (Å²) in [7, 11) is 5.00. The molecule has 0 aromatic heterocycles. The lowest BCUT2D eigenvalue weighted by molar-refractivity contribution is -0.245. The molecule has 0 aliphatic carbocycles. The molecule has 20 heavy (non-hydrogen) atoms. The number of hydrogen-bond donors (Lipinski definition) is 0. The Hall–Kier alpha value is -0.460. The van der Waals surface area contributed by atoms with Crippen LogP contribution in [-0.2, 0) is 18.9 Å². The van der Waals surface area contributed by atoms with Crippen molar-refractivity contribution >= 4 is 15.9 Å². The summed E-state index contributed by atoms with van der Waals surface area (Å²) in [6.07, 6.45) is 1.24. The van der Waals surface area contributed by atoms with Crippen LogP contribution in [0.15, 0.2) is 28.7 Å². The van der Waals surface area contributed by atoms with E-state index < -0.39 is 0 Å². The SMILES string of the molecule is COC1CC[C@H](C(OC)OC)[C@H](c2ccc(Br)cc2)O1. The lowest BCUT2D eigenvalue weighted by Crippen LogP contribution is -2.38. The zero-order chi connectivity index (χ0) is 14.5. The Balaban J connectivity index is 2.23. The Kier molecular flexibility index (Phi) is 5.99. The van der Waals surface area contributed by atoms with Gasteiger partial charge in [-0.25, -0.2) is 0 Å². The molecule has 1 heterocycles. The van der Waals surface area contributed by atoms with Crippen molar-refractivity contribution < 1.29 is 18.9 Å². The molecule has 0 radical (unpaired) electrons. The molecule has 1 aromatic rings. The minimum atomic E-state index is -0.276. The third-order valence-corrected chi connectivity index (χ3v) is 4.23. The average molecular weight is 345 g/mol. The Labute approximate surface area is 128 Å². The maximum absolute atomic E-state index is 6.06. The molecule has 2 rings (SSSR count). The largest absolute Gasteiger partial charge is 0.356 e. The number of halogens is 1. The Morgan fingerprint density at radius 2 is 1.75 bits per heavy atom. The van der Waals surface area contributed by atoms with Crippen molar-refractivity contribution in [1.29, 1.82) is 0 Å². The molecule has 1 aromatic carbocycles. The van der Waals surface area contributed by atoms with E-state index in [1.165, 1.54) is 0 Å². The topological polar surface area (TPSA) is 36.9 Å². The standard InChI is InChI=1S/C15H21BrO4/c1-17-13-9-8-12(15(18-2)19-3)14(20-13)10-4-6-11(16)7-5-10/h4-7,12-15H,8-9H2,1-3H3/t12-,13?,14-/m0/s1. The van der Waals surface area contributed by atoms with Crippen molar-refractivity contribution in [2.45, 2.75) is 31.5 Å². The van der Waals surface area contributed by atoms with Gasteiger partial charge in [-0.2, -0.15) is 0 Å². The van der Waals surface area contributed by atoms with Crippen molar-refractivity contribution in [2.24, 2.45) is 5.92 Å². The van der Waals surface area contributed by atoms with Gasteiger partial charge in [0.05, 0.1) is 6.10 Å². The monoisotopic (exact) mass is 344 g/mol. The van der Waals surface area contributed by atoms with E-state index in [2.05, 4.69) is 28.1 Å². The summed E-state index contributed by atoms with van der Waals surface area (Å²) in [4.78, 5) is 0. The van der Waals surface area contributed by atoms with Gasteiger partial charge in [-0.15, -0.1) is 0 Å². The minimum Gasteiger partial charge on any atom is -0.356 e. The number of hydrogen-bond acceptors (Lipinski definition) is 4. The van der Waals surface area contributed by atoms with E-state index >= 15 is 0 Å². The molecular formula is C15H21BrO4. The number of ether oxygens (including phenoxy) is 4. The van der Waals surface area contributed by atoms with Crippen LogP contribution in [0.4, 0.5) is 0 Å². The fourth-order valence-corrected chi connectivity index (χ4v) is 2.95. The third-order valence-electron chi connectivity index (χ3n) is 3.70. The van der Waals surface area contributed by atoms with E-state index in [9.17, 15) is 0 Å². The van der Waals surface area contributed by atoms with Crippen LogP contribution in [0.1, 0.15) is 24.5 Å². The van der Waals surface area contributed by atoms with Crippen molar-refractivity contribution in [3.63, 3.8) is 0 Å². The van der Waals surface area contributed by atoms with Gasteiger partial charge in [-0.3, -0.25) is 0 Å². The van der Waals surface area contributed by atoms with E-state index in [0.717, 1.165) is 22.9 Å². The molecule has 5 heteroatoms. The van der Waals surface area contributed by atoms with Gasteiger partial charge in [-0.05, 0) is 30.5 Å². The van der Waals surface area contributed by atoms with Crippen LogP contribution in [0.3, 0.4) is 0 Å². The van der Waals surface area contributed by atoms with Gasteiger partial charge in [0.2, 0.25) is 0 Å². The quantitative estimate of drug-likeness (QED) is 0.766. The van der Waals surface area contributed by atoms with Crippen LogP contribution in [-0.4, -0.2) is 33.9 Å². The predicted octanol–water partition coefficient (Wildman–Crippen LogP) is 3.51. The lowest BCUT2D eigenvalue weighted by atomic mass is 9.88. The second kappa shape index (κ2) is 7.52. The lowest BCUT2D eigenvalue weighted by Gasteiger charge is -2.38. The molecule has 0 amide bonds. The molecule has 1 aliphatic heterocycles. The van der Waals surface area contributed by atoms with Gasteiger partial charge < -0.3 is 18.9 Å². The second-order valence-electron chi connectivity index (χ2n) is 4.85. The normalized spacial score (nSPS) is 26.9. The smallest absolute Gasteiger partial charge is 0.162 e. The highest BCUT2D eigenvalue weighted by Crippen LogP contribution is 2.39. The Morgan fingerprint density at radius 3 is 2.30 bits per heavy atom. The number of methoxy groups -OCH3 is 3. The van der Waals surface area contributed by atoms with Gasteiger partial charge in [0, 0.05) is 31.7 Å². The van der Waals surface area contributed by atoms with Crippen LogP contribution in [0.5, 0.6) is 0 Å². The first kappa shape index (κ1) is 15.9. The van der Waals surface area contributed by atoms with E-state index in [-0.39, 0.29) is 24.6 Å². The molecule has 4 nitrogen and oxygen atoms in total. The molecule has 1 unspecified atom stereocenters. The highest BCUT2D eigenvalue weighted by Gasteiger charge is 2.37. The maximum atomic E-state index is 6.06. The molecule has 112 valence electrons. The van der Waals surface area contributed by atoms with Crippen LogP contribution < -0.4 is 0 Å². The molecule has 0 N–H and O–H groups in total. The fraction of sp³-hybridized carbons (Fsp3) is 0.600. The number of rotatable bonds is 5. The van der Waals surface area contributed by atoms with Crippen LogP contribution >= 0.6 is 15.9 Å². The zero-order valence-corrected chi connectivity index (χ0v) is 13.6. The Bertz CT molecular complexity index is 405. The van der Waals surface area contributed by atoms with Gasteiger partial charge in [-0.1, -0.05) is 28.1 Å². The van der Waals surface area contributed by atoms with Crippen molar-refractivity contribution in [1.82, 2.24) is 0 Å². The molecule has 0 spiro atoms. The molecule has 3 atom stereocenters. The first-order valence-corrected chi connectivity index (χ1v) is 7.48. The first-order valence-electron chi connectivity index (χ1n) is 6.69. The molecular weight excluding hydrogens is 324 g/mol. The zero-order valence-electron chi connectivity index (χ0n) is 12.0. The summed E-state index contributed by atoms with van der Waals surface area (Å²) in [5.74, 6) is 0.151. The molecule has 0 bridgehead atoms. The van der Waals surface area contributed by atoms with Gasteiger partial charge in [0.1, 0.15) is 0 Å². The minimum absolute atomic E-state index is 0.0910. The molecule has 1 aliphatic rings. The van der Waals surface area contributed by atoms with Gasteiger partial charge >= 0.3 is 0 Å². The second-order valence-corrected chi connectivity index (χ2v) is 5.77. The summed E-state index contributed by atoms with van der Waals surface area (Å²) < 4.78 is 23.3. The third kappa shape index (κ3) is 3.59. The van der Waals surface area contributed by atoms with Crippen LogP contribution in [0, 0.1) is 5.92 Å². The molecule has 0 saturated carbocycles. The van der Waals surface area contributed by atoms with Gasteiger partial charge in [0.25, 0.3) is 0 Å². The van der Waals surface area contributed by atoms with Crippen LogP contribution in [0.25, 0.3) is 0 Å². The fourth-order valence-electron chi connectivity index (χ4n) is 2.69. The van der Waals surface area contributed by atoms with Gasteiger partial charge in [0.15, 0.2) is 12.6 Å². The Morgan fingerprint density at radius 1 is 1.10 bits per heavy atom. The summed E-state index contributed by atoms with van der Waals surface area (Å²) in [5.41, 5.74) is 1.11. The maximum Gasteiger partial charge on any atom is 0.162 e. The summed E-state index contributed by atoms with van der Waals surface area (Å²) in [6, 6.07) is 8.14. The highest BCUT2D eigenvalue weighted by atomic mass is 79.9. The van der Waals surface area contributed by atoms with E-state index in [0.29, 0.717) is 0 Å². The average Bonchev–Trinajstić information content (AvgIpc) is 2.49. The summed E-state index contributed by atoms with van der Waals surface area (Å²) in [5, 5.41) is 0. The highest BCUT2D eigenvalue weighted by molar-refractivity contribution is 9.10. The van der Waals surface area contributed by atoms with Crippen LogP contribution in [0.2, 0.25) is 0 Å². The van der Waals surface area contributed by atoms with E-state index in [1.807, 2.05) is 12.1 Å². The summed E-state index contributed by atoms with van der Waals surface area (Å²) in [6.45, 7) is 0. The van der Waals surface area contributed by atoms with E-state index in [4.69, 9.17) is 18.9 Å². The molecule has 1 saturated heterocycles. The van der Waals surface area contributed by atoms with Crippen molar-refractivity contribution in [2.75, 3.05) is 21.3 Å². The summed E-state index contributed by atoms with van der Waals surface area (Å²) >= 11 is 3.45. The first-order chi connectivity index (χ1) is 9.69. The predicted molar refractivity (Wildman–Crippen MR) is 79.3 cm³/mol. The van der Waals surface area contributed by atoms with Crippen molar-refractivity contribution in [3.05, 3.63) is 34.3 Å². The van der Waals surface area contributed by atoms with E-state index in [1.54, 1.807) is 21.3 Å².